The van der Waals surface area contributed by atoms with E-state index in [4.69, 9.17) is 4.74 Å². The number of amides is 2. The number of ether oxygens (including phenoxy) is 1. The number of aromatic nitrogens is 2. The number of hydrogen-bond donors (Lipinski definition) is 1. The number of benzene rings is 1. The maximum Gasteiger partial charge on any atom is 0.358 e. The van der Waals surface area contributed by atoms with E-state index in [-0.39, 0.29) is 36.4 Å². The van der Waals surface area contributed by atoms with Crippen LogP contribution in [0.15, 0.2) is 24.3 Å². The summed E-state index contributed by atoms with van der Waals surface area (Å²) in [7, 11) is 0. The van der Waals surface area contributed by atoms with Gasteiger partial charge < -0.3 is 10.1 Å². The molecule has 2 amide bonds. The van der Waals surface area contributed by atoms with Crippen molar-refractivity contribution in [3.05, 3.63) is 46.8 Å². The van der Waals surface area contributed by atoms with Gasteiger partial charge in [0.25, 0.3) is 5.91 Å². The van der Waals surface area contributed by atoms with Crippen molar-refractivity contribution in [2.24, 2.45) is 5.92 Å². The van der Waals surface area contributed by atoms with Crippen LogP contribution in [0.5, 0.6) is 0 Å². The summed E-state index contributed by atoms with van der Waals surface area (Å²) >= 11 is 0. The summed E-state index contributed by atoms with van der Waals surface area (Å²) in [5.41, 5.74) is 1.69. The Morgan fingerprint density at radius 3 is 2.59 bits per heavy atom. The lowest BCUT2D eigenvalue weighted by molar-refractivity contribution is -0.126. The Morgan fingerprint density at radius 2 is 1.97 bits per heavy atom. The molecule has 2 heterocycles. The molecular weight excluding hydrogens is 408 g/mol. The second kappa shape index (κ2) is 9.14. The van der Waals surface area contributed by atoms with Gasteiger partial charge in [0.1, 0.15) is 11.2 Å². The summed E-state index contributed by atoms with van der Waals surface area (Å²) in [6.07, 6.45) is 0.833. The summed E-state index contributed by atoms with van der Waals surface area (Å²) in [6.45, 7) is 12.4. The third-order valence-electron chi connectivity index (χ3n) is 5.73. The smallest absolute Gasteiger partial charge is 0.358 e. The molecule has 1 atom stereocenters. The van der Waals surface area contributed by atoms with E-state index in [0.29, 0.717) is 18.2 Å². The zero-order valence-corrected chi connectivity index (χ0v) is 19.7. The molecule has 0 aliphatic carbocycles. The van der Waals surface area contributed by atoms with Crippen LogP contribution in [0.2, 0.25) is 0 Å². The number of aryl methyl sites for hydroxylation is 2. The fourth-order valence-electron chi connectivity index (χ4n) is 3.98. The maximum absolute atomic E-state index is 13.7. The van der Waals surface area contributed by atoms with E-state index in [2.05, 4.69) is 24.3 Å². The molecule has 0 fully saturated rings. The molecule has 1 N–H and O–H groups in total. The van der Waals surface area contributed by atoms with Crippen LogP contribution >= 0.6 is 0 Å². The highest BCUT2D eigenvalue weighted by atomic mass is 16.5. The van der Waals surface area contributed by atoms with Gasteiger partial charge in [-0.1, -0.05) is 31.5 Å². The van der Waals surface area contributed by atoms with Crippen molar-refractivity contribution in [3.8, 4) is 0 Å². The van der Waals surface area contributed by atoms with Gasteiger partial charge in [-0.05, 0) is 51.7 Å². The zero-order chi connectivity index (χ0) is 23.6. The van der Waals surface area contributed by atoms with Gasteiger partial charge in [0.2, 0.25) is 5.91 Å². The van der Waals surface area contributed by atoms with Crippen molar-refractivity contribution < 1.29 is 19.1 Å². The van der Waals surface area contributed by atoms with Crippen LogP contribution in [-0.4, -0.2) is 46.3 Å². The van der Waals surface area contributed by atoms with Gasteiger partial charge in [-0.15, -0.1) is 0 Å². The molecule has 1 aliphatic heterocycles. The Balaban J connectivity index is 2.07. The van der Waals surface area contributed by atoms with Crippen molar-refractivity contribution in [2.75, 3.05) is 18.1 Å². The molecule has 3 rings (SSSR count). The highest BCUT2D eigenvalue weighted by molar-refractivity contribution is 6.12. The third-order valence-corrected chi connectivity index (χ3v) is 5.73. The van der Waals surface area contributed by atoms with Crippen molar-refractivity contribution >= 4 is 23.5 Å². The second-order valence-corrected chi connectivity index (χ2v) is 8.94. The van der Waals surface area contributed by atoms with E-state index in [1.54, 1.807) is 18.7 Å². The summed E-state index contributed by atoms with van der Waals surface area (Å²) < 4.78 is 6.48. The predicted octanol–water partition coefficient (Wildman–Crippen LogP) is 3.26. The molecule has 0 radical (unpaired) electrons. The summed E-state index contributed by atoms with van der Waals surface area (Å²) in [5.74, 6) is -0.794. The van der Waals surface area contributed by atoms with Crippen LogP contribution in [0.25, 0.3) is 0 Å². The molecule has 1 aromatic carbocycles. The number of nitrogens with one attached hydrogen (secondary N) is 1. The molecule has 32 heavy (non-hydrogen) atoms. The van der Waals surface area contributed by atoms with E-state index in [1.165, 1.54) is 10.7 Å². The normalized spacial score (nSPS) is 18.0. The Hall–Kier alpha value is -3.16. The number of rotatable bonds is 7. The molecular formula is C24H32N4O4. The monoisotopic (exact) mass is 440 g/mol. The quantitative estimate of drug-likeness (QED) is 0.667. The second-order valence-electron chi connectivity index (χ2n) is 8.94. The topological polar surface area (TPSA) is 93.5 Å². The van der Waals surface area contributed by atoms with E-state index >= 15 is 0 Å². The highest BCUT2D eigenvalue weighted by Gasteiger charge is 2.49. The largest absolute Gasteiger partial charge is 0.461 e. The van der Waals surface area contributed by atoms with Gasteiger partial charge in [0, 0.05) is 18.3 Å². The minimum absolute atomic E-state index is 0.0558. The Labute approximate surface area is 188 Å². The molecule has 1 aromatic heterocycles. The third kappa shape index (κ3) is 4.40. The molecule has 0 saturated heterocycles. The molecule has 8 nitrogen and oxygen atoms in total. The van der Waals surface area contributed by atoms with Gasteiger partial charge in [-0.2, -0.15) is 5.10 Å². The predicted molar refractivity (Wildman–Crippen MR) is 122 cm³/mol. The van der Waals surface area contributed by atoms with E-state index < -0.39 is 11.5 Å². The highest BCUT2D eigenvalue weighted by Crippen LogP contribution is 2.35. The molecule has 0 saturated carbocycles. The number of hydrogen-bond acceptors (Lipinski definition) is 5. The van der Waals surface area contributed by atoms with Crippen LogP contribution in [0.3, 0.4) is 0 Å². The van der Waals surface area contributed by atoms with Crippen molar-refractivity contribution in [3.63, 3.8) is 0 Å². The first kappa shape index (κ1) is 23.5. The van der Waals surface area contributed by atoms with E-state index in [9.17, 15) is 14.4 Å². The van der Waals surface area contributed by atoms with Crippen molar-refractivity contribution in [2.45, 2.75) is 60.0 Å². The van der Waals surface area contributed by atoms with Crippen LogP contribution in [0.4, 0.5) is 5.69 Å². The minimum Gasteiger partial charge on any atom is -0.461 e. The van der Waals surface area contributed by atoms with Gasteiger partial charge >= 0.3 is 5.97 Å². The van der Waals surface area contributed by atoms with Crippen LogP contribution in [-0.2, 0) is 16.1 Å². The first-order valence-electron chi connectivity index (χ1n) is 11.0. The number of nitrogens with zero attached hydrogens (tertiary/aromatic N) is 3. The average Bonchev–Trinajstić information content (AvgIpc) is 3.13. The Bertz CT molecular complexity index is 1040. The van der Waals surface area contributed by atoms with Gasteiger partial charge in [-0.25, -0.2) is 4.79 Å². The minimum atomic E-state index is -1.22. The molecule has 0 bridgehead atoms. The SMILES string of the molecule is CCOC(=O)c1cc2n(n1)C[C@](C)(C(=O)NCCC(C)C)N(c1ccc(C)cc1C)C2=O. The number of carbonyl (C=O) groups excluding carboxylic acids is 3. The van der Waals surface area contributed by atoms with Crippen molar-refractivity contribution in [1.29, 1.82) is 0 Å². The van der Waals surface area contributed by atoms with Crippen LogP contribution < -0.4 is 10.2 Å². The molecule has 172 valence electrons. The lowest BCUT2D eigenvalue weighted by atomic mass is 9.92. The fourth-order valence-corrected chi connectivity index (χ4v) is 3.98. The lowest BCUT2D eigenvalue weighted by Crippen LogP contribution is -2.64. The molecule has 0 unspecified atom stereocenters. The van der Waals surface area contributed by atoms with Gasteiger partial charge in [0.15, 0.2) is 5.69 Å². The number of fused-ring (bicyclic) bond motifs is 1. The van der Waals surface area contributed by atoms with E-state index in [0.717, 1.165) is 17.5 Å². The average molecular weight is 441 g/mol. The van der Waals surface area contributed by atoms with E-state index in [1.807, 2.05) is 32.0 Å². The van der Waals surface area contributed by atoms with Crippen molar-refractivity contribution in [1.82, 2.24) is 15.1 Å². The number of esters is 1. The molecule has 2 aromatic rings. The molecule has 8 heteroatoms. The fraction of sp³-hybridized carbons (Fsp3) is 0.500. The molecule has 0 spiro atoms. The number of carbonyl (C=O) groups is 3. The maximum atomic E-state index is 13.7. The summed E-state index contributed by atoms with van der Waals surface area (Å²) in [4.78, 5) is 40.9. The summed E-state index contributed by atoms with van der Waals surface area (Å²) in [6, 6.07) is 7.20. The van der Waals surface area contributed by atoms with Crippen LogP contribution in [0, 0.1) is 19.8 Å². The zero-order valence-electron chi connectivity index (χ0n) is 19.7. The number of anilines is 1. The lowest BCUT2D eigenvalue weighted by Gasteiger charge is -2.43. The standard InChI is InChI=1S/C24H32N4O4/c1-7-32-22(30)18-13-20-21(29)28(19-9-8-16(4)12-17(19)5)24(6,14-27(20)26-18)23(31)25-11-10-15(2)3/h8-9,12-13,15H,7,10-11,14H2,1-6H3,(H,25,31)/t24-/m1/s1. The molecule has 1 aliphatic rings. The van der Waals surface area contributed by atoms with Crippen LogP contribution in [0.1, 0.15) is 66.2 Å². The Kier molecular flexibility index (Phi) is 6.71. The van der Waals surface area contributed by atoms with Gasteiger partial charge in [0.05, 0.1) is 13.2 Å². The summed E-state index contributed by atoms with van der Waals surface area (Å²) in [5, 5.41) is 7.28. The Morgan fingerprint density at radius 1 is 1.25 bits per heavy atom. The first-order valence-corrected chi connectivity index (χ1v) is 11.0. The first-order chi connectivity index (χ1) is 15.1. The van der Waals surface area contributed by atoms with Gasteiger partial charge in [-0.3, -0.25) is 19.2 Å².